The summed E-state index contributed by atoms with van der Waals surface area (Å²) in [6.45, 7) is 0. The Kier molecular flexibility index (Phi) is 4.71. The summed E-state index contributed by atoms with van der Waals surface area (Å²) in [6.07, 6.45) is -7.39. The molecule has 2 N–H and O–H groups in total. The van der Waals surface area contributed by atoms with Gasteiger partial charge < -0.3 is 0 Å². The van der Waals surface area contributed by atoms with Crippen LogP contribution in [-0.2, 0) is 23.5 Å². The minimum atomic E-state index is -7.84. The third kappa shape index (κ3) is 2.57. The lowest BCUT2D eigenvalue weighted by Gasteiger charge is -2.34. The van der Waals surface area contributed by atoms with Crippen molar-refractivity contribution in [3.63, 3.8) is 0 Å². The van der Waals surface area contributed by atoms with Gasteiger partial charge in [0.05, 0.1) is 4.55 Å². The van der Waals surface area contributed by atoms with Crippen LogP contribution >= 0.6 is 0 Å². The van der Waals surface area contributed by atoms with Crippen molar-refractivity contribution >= 4 is 10.5 Å². The van der Waals surface area contributed by atoms with Crippen molar-refractivity contribution in [2.75, 3.05) is 0 Å². The fourth-order valence-electron chi connectivity index (χ4n) is 0.775. The first-order chi connectivity index (χ1) is 8.81. The third-order valence-corrected chi connectivity index (χ3v) is 3.09. The van der Waals surface area contributed by atoms with Crippen LogP contribution in [0, 0.1) is 0 Å². The number of hydrogen-bond donors (Lipinski definition) is 1. The van der Waals surface area contributed by atoms with E-state index in [1.165, 1.54) is 0 Å². The quantitative estimate of drug-likeness (QED) is 0.463. The van der Waals surface area contributed by atoms with Crippen LogP contribution < -0.4 is 5.90 Å². The molecule has 21 heavy (non-hydrogen) atoms. The zero-order valence-corrected chi connectivity index (χ0v) is 9.68. The molecule has 16 heteroatoms. The van der Waals surface area contributed by atoms with E-state index in [0.717, 1.165) is 0 Å². The van der Waals surface area contributed by atoms with Crippen LogP contribution in [0.15, 0.2) is 0 Å². The summed E-state index contributed by atoms with van der Waals surface area (Å²) in [5.74, 6) is -19.7. The lowest BCUT2D eigenvalue weighted by molar-refractivity contribution is -0.414. The predicted octanol–water partition coefficient (Wildman–Crippen LogP) is 2.70. The summed E-state index contributed by atoms with van der Waals surface area (Å²) in [5.41, 5.74) is 0. The number of nitrogens with two attached hydrogens (primary N) is 1. The van der Waals surface area contributed by atoms with Gasteiger partial charge in [0.2, 0.25) is 0 Å². The highest BCUT2D eigenvalue weighted by atomic mass is 32.3. The molecule has 1 atom stereocenters. The Labute approximate surface area is 108 Å². The zero-order chi connectivity index (χ0) is 17.7. The second-order valence-electron chi connectivity index (χ2n) is 3.29. The van der Waals surface area contributed by atoms with Crippen LogP contribution in [0.4, 0.5) is 48.3 Å². The van der Waals surface area contributed by atoms with E-state index in [9.17, 15) is 57.1 Å². The molecule has 0 aliphatic heterocycles. The summed E-state index contributed by atoms with van der Waals surface area (Å²) in [5, 5.41) is -7.19. The van der Waals surface area contributed by atoms with E-state index < -0.39 is 39.7 Å². The monoisotopic (exact) mass is 365 g/mol. The number of halogens is 11. The van der Waals surface area contributed by atoms with E-state index in [1.807, 2.05) is 0 Å². The number of rotatable bonds is 5. The summed E-state index contributed by atoms with van der Waals surface area (Å²) in [7, 11) is -7.13. The maximum Gasteiger partial charge on any atom is 0.550 e. The molecule has 0 saturated heterocycles. The molecule has 0 aliphatic rings. The van der Waals surface area contributed by atoms with Crippen molar-refractivity contribution in [1.29, 1.82) is 0 Å². The Morgan fingerprint density at radius 3 is 1.29 bits per heavy atom. The molecule has 0 spiro atoms. The summed E-state index contributed by atoms with van der Waals surface area (Å²) >= 11 is 0. The molecule has 0 heterocycles. The molecule has 1 unspecified atom stereocenters. The Morgan fingerprint density at radius 2 is 1.05 bits per heavy atom. The van der Waals surface area contributed by atoms with E-state index in [2.05, 4.69) is 10.2 Å². The molecule has 0 rings (SSSR count). The first kappa shape index (κ1) is 20.3. The second-order valence-corrected chi connectivity index (χ2v) is 4.90. The standard InChI is InChI=1S/C5H2F11NO3S/c6-1(7,2(8,9)4(12,13)14)3(10,11)5(15,16)21(18,19)20-17/h17H2/q+1. The predicted molar refractivity (Wildman–Crippen MR) is 39.9 cm³/mol. The van der Waals surface area contributed by atoms with Crippen LogP contribution in [0.25, 0.3) is 0 Å². The van der Waals surface area contributed by atoms with Gasteiger partial charge in [-0.1, -0.05) is 0 Å². The van der Waals surface area contributed by atoms with E-state index >= 15 is 0 Å². The highest BCUT2D eigenvalue weighted by Crippen LogP contribution is 2.59. The Morgan fingerprint density at radius 1 is 0.714 bits per heavy atom. The molecule has 4 nitrogen and oxygen atoms in total. The summed E-state index contributed by atoms with van der Waals surface area (Å²) in [4.78, 5) is 0. The van der Waals surface area contributed by atoms with Gasteiger partial charge in [0.1, 0.15) is 0 Å². The van der Waals surface area contributed by atoms with Gasteiger partial charge in [-0.05, 0) is 8.49 Å². The molecule has 0 bridgehead atoms. The van der Waals surface area contributed by atoms with Crippen LogP contribution in [0.3, 0.4) is 0 Å². The minimum Gasteiger partial charge on any atom is -0.192 e. The normalized spacial score (nSPS) is 18.5. The van der Waals surface area contributed by atoms with Crippen LogP contribution in [-0.4, -0.2) is 29.2 Å². The zero-order valence-electron chi connectivity index (χ0n) is 8.87. The molecule has 1 radical (unpaired) electrons. The molecular formula is C5H2F11NO3S+. The molecule has 0 aliphatic carbocycles. The van der Waals surface area contributed by atoms with Gasteiger partial charge in [-0.25, -0.2) is 0 Å². The molecule has 127 valence electrons. The molecule has 0 fully saturated rings. The van der Waals surface area contributed by atoms with Crippen LogP contribution in [0.2, 0.25) is 0 Å². The highest BCUT2D eigenvalue weighted by molar-refractivity contribution is 7.94. The number of alkyl halides is 11. The van der Waals surface area contributed by atoms with E-state index in [1.54, 1.807) is 0 Å². The van der Waals surface area contributed by atoms with Crippen LogP contribution in [0.1, 0.15) is 0 Å². The van der Waals surface area contributed by atoms with Crippen molar-refractivity contribution in [3.8, 4) is 0 Å². The van der Waals surface area contributed by atoms with Gasteiger partial charge >= 0.3 is 39.7 Å². The van der Waals surface area contributed by atoms with Gasteiger partial charge in [0, 0.05) is 0 Å². The average Bonchev–Trinajstić information content (AvgIpc) is 2.26. The smallest absolute Gasteiger partial charge is 0.192 e. The third-order valence-electron chi connectivity index (χ3n) is 1.95. The van der Waals surface area contributed by atoms with E-state index in [0.29, 0.717) is 0 Å². The first-order valence-electron chi connectivity index (χ1n) is 4.02. The largest absolute Gasteiger partial charge is 0.550 e. The van der Waals surface area contributed by atoms with Gasteiger partial charge in [0.15, 0.2) is 0 Å². The van der Waals surface area contributed by atoms with Gasteiger partial charge in [-0.15, -0.1) is 8.78 Å². The van der Waals surface area contributed by atoms with Crippen LogP contribution in [0.5, 0.6) is 0 Å². The molecule has 0 aromatic rings. The van der Waals surface area contributed by atoms with Crippen molar-refractivity contribution in [1.82, 2.24) is 0 Å². The summed E-state index contributed by atoms with van der Waals surface area (Å²) in [6, 6.07) is 0. The minimum absolute atomic E-state index is 2.26. The van der Waals surface area contributed by atoms with Crippen molar-refractivity contribution in [2.45, 2.75) is 29.2 Å². The average molecular weight is 365 g/mol. The molecular weight excluding hydrogens is 363 g/mol. The van der Waals surface area contributed by atoms with Crippen molar-refractivity contribution in [3.05, 3.63) is 0 Å². The molecule has 0 amide bonds. The lowest BCUT2D eigenvalue weighted by Crippen LogP contribution is -2.68. The summed E-state index contributed by atoms with van der Waals surface area (Å²) < 4.78 is 158. The maximum atomic E-state index is 12.7. The Bertz CT molecular complexity index is 446. The van der Waals surface area contributed by atoms with Crippen molar-refractivity contribution in [2.24, 2.45) is 5.90 Å². The molecule has 0 saturated carbocycles. The fraction of sp³-hybridized carbons (Fsp3) is 1.00. The van der Waals surface area contributed by atoms with Gasteiger partial charge in [-0.2, -0.15) is 45.4 Å². The molecule has 0 aromatic carbocycles. The van der Waals surface area contributed by atoms with Gasteiger partial charge in [-0.3, -0.25) is 0 Å². The van der Waals surface area contributed by atoms with Crippen molar-refractivity contribution < 1.29 is 61.3 Å². The maximum absolute atomic E-state index is 12.7. The van der Waals surface area contributed by atoms with E-state index in [-0.39, 0.29) is 0 Å². The highest BCUT2D eigenvalue weighted by Gasteiger charge is 2.94. The lowest BCUT2D eigenvalue weighted by atomic mass is 10.0. The fourth-order valence-corrected chi connectivity index (χ4v) is 1.34. The number of hydrogen-bond acceptors (Lipinski definition) is 3. The van der Waals surface area contributed by atoms with E-state index in [4.69, 9.17) is 0 Å². The second kappa shape index (κ2) is 4.88. The first-order valence-corrected chi connectivity index (χ1v) is 5.43. The Hall–Kier alpha value is -0.740. The van der Waals surface area contributed by atoms with Gasteiger partial charge in [0.25, 0.3) is 0 Å². The molecule has 0 aromatic heterocycles. The topological polar surface area (TPSA) is 72.2 Å². The SMILES string of the molecule is NO[S+]([O])(=O)C(F)(F)C(F)(F)C(F)(F)C(F)(F)C(F)(F)F. The Balaban J connectivity index is 6.20.